The van der Waals surface area contributed by atoms with E-state index in [0.717, 1.165) is 16.8 Å². The second-order valence-electron chi connectivity index (χ2n) is 9.13. The number of hydrogen-bond donors (Lipinski definition) is 2. The molecule has 0 unspecified atom stereocenters. The van der Waals surface area contributed by atoms with Crippen LogP contribution >= 0.6 is 22.6 Å². The predicted octanol–water partition coefficient (Wildman–Crippen LogP) is 3.37. The van der Waals surface area contributed by atoms with E-state index in [1.54, 1.807) is 15.8 Å². The van der Waals surface area contributed by atoms with Gasteiger partial charge in [0.05, 0.1) is 19.3 Å². The third-order valence-corrected chi connectivity index (χ3v) is 6.04. The molecule has 0 bridgehead atoms. The standard InChI is InChI=1S/C23H26IN7O5/c1-23(2,3)36-22(34)30-9-7-14(8-10-30)15-6-5-13(11-25-15)12-31-17-16(18(24)29-31)26-20(27-19(17)32)28-21(33)35-4/h5-7,11H,8-10,12H2,1-4H3,(H2,26,27,28,32,33). The van der Waals surface area contributed by atoms with Crippen molar-refractivity contribution >= 4 is 57.3 Å². The lowest BCUT2D eigenvalue weighted by Gasteiger charge is -2.29. The fraction of sp³-hybridized carbons (Fsp3) is 0.391. The Morgan fingerprint density at radius 1 is 1.28 bits per heavy atom. The quantitative estimate of drug-likeness (QED) is 0.430. The number of aromatic amines is 1. The number of amides is 2. The lowest BCUT2D eigenvalue weighted by Crippen LogP contribution is -2.39. The number of carbonyl (C=O) groups excluding carboxylic acids is 2. The number of nitrogens with one attached hydrogen (secondary N) is 2. The SMILES string of the molecule is COC(=O)Nc1nc2c(I)nn(Cc3ccc(C4=CCN(C(=O)OC(C)(C)C)CC4)nc3)c2c(=O)[nH]1. The van der Waals surface area contributed by atoms with Gasteiger partial charge in [-0.2, -0.15) is 5.10 Å². The highest BCUT2D eigenvalue weighted by Gasteiger charge is 2.24. The van der Waals surface area contributed by atoms with Crippen LogP contribution in [0.5, 0.6) is 0 Å². The van der Waals surface area contributed by atoms with Gasteiger partial charge >= 0.3 is 12.2 Å². The van der Waals surface area contributed by atoms with Crippen molar-refractivity contribution in [2.75, 3.05) is 25.5 Å². The first-order valence-corrected chi connectivity index (χ1v) is 12.3. The molecule has 0 atom stereocenters. The number of nitrogens with zero attached hydrogens (tertiary/aromatic N) is 5. The van der Waals surface area contributed by atoms with E-state index >= 15 is 0 Å². The Morgan fingerprint density at radius 3 is 2.67 bits per heavy atom. The van der Waals surface area contributed by atoms with Gasteiger partial charge in [-0.05, 0) is 67.0 Å². The summed E-state index contributed by atoms with van der Waals surface area (Å²) >= 11 is 1.99. The summed E-state index contributed by atoms with van der Waals surface area (Å²) in [6.07, 6.45) is 3.35. The van der Waals surface area contributed by atoms with Crippen LogP contribution < -0.4 is 10.9 Å². The highest BCUT2D eigenvalue weighted by Crippen LogP contribution is 2.23. The fourth-order valence-corrected chi connectivity index (χ4v) is 4.29. The van der Waals surface area contributed by atoms with Crippen LogP contribution in [0, 0.1) is 3.70 Å². The molecule has 0 saturated heterocycles. The summed E-state index contributed by atoms with van der Waals surface area (Å²) in [6, 6.07) is 3.85. The van der Waals surface area contributed by atoms with Crippen molar-refractivity contribution in [2.24, 2.45) is 0 Å². The summed E-state index contributed by atoms with van der Waals surface area (Å²) in [6.45, 7) is 6.88. The molecule has 1 aliphatic heterocycles. The Hall–Kier alpha value is -3.49. The van der Waals surface area contributed by atoms with E-state index in [9.17, 15) is 14.4 Å². The first-order chi connectivity index (χ1) is 17.0. The maximum absolute atomic E-state index is 12.7. The minimum Gasteiger partial charge on any atom is -0.453 e. The Balaban J connectivity index is 1.48. The van der Waals surface area contributed by atoms with Gasteiger partial charge in [-0.15, -0.1) is 0 Å². The van der Waals surface area contributed by atoms with Gasteiger partial charge < -0.3 is 14.4 Å². The summed E-state index contributed by atoms with van der Waals surface area (Å²) in [5.74, 6) is -0.0196. The van der Waals surface area contributed by atoms with Crippen LogP contribution in [0.25, 0.3) is 16.6 Å². The molecule has 3 aromatic heterocycles. The molecule has 12 nitrogen and oxygen atoms in total. The number of rotatable bonds is 4. The molecule has 2 amide bonds. The zero-order valence-corrected chi connectivity index (χ0v) is 22.5. The van der Waals surface area contributed by atoms with Gasteiger partial charge in [-0.3, -0.25) is 24.8 Å². The van der Waals surface area contributed by atoms with Gasteiger partial charge in [-0.25, -0.2) is 14.6 Å². The molecule has 3 aromatic rings. The van der Waals surface area contributed by atoms with Crippen LogP contribution in [0.2, 0.25) is 0 Å². The minimum absolute atomic E-state index is 0.0196. The number of fused-ring (bicyclic) bond motifs is 1. The third-order valence-electron chi connectivity index (χ3n) is 5.31. The number of carbonyl (C=O) groups is 2. The van der Waals surface area contributed by atoms with Crippen LogP contribution in [0.4, 0.5) is 15.5 Å². The summed E-state index contributed by atoms with van der Waals surface area (Å²) in [5, 5.41) is 6.79. The molecule has 0 radical (unpaired) electrons. The number of hydrogen-bond acceptors (Lipinski definition) is 8. The first-order valence-electron chi connectivity index (χ1n) is 11.2. The van der Waals surface area contributed by atoms with Crippen molar-refractivity contribution in [3.05, 3.63) is 49.7 Å². The zero-order valence-electron chi connectivity index (χ0n) is 20.3. The number of pyridine rings is 1. The average Bonchev–Trinajstić information content (AvgIpc) is 3.13. The second kappa shape index (κ2) is 10.2. The summed E-state index contributed by atoms with van der Waals surface area (Å²) in [5.41, 5.74) is 2.44. The van der Waals surface area contributed by atoms with Crippen molar-refractivity contribution < 1.29 is 19.1 Å². The van der Waals surface area contributed by atoms with E-state index in [-0.39, 0.29) is 17.6 Å². The second-order valence-corrected chi connectivity index (χ2v) is 10.2. The molecule has 0 aliphatic carbocycles. The highest BCUT2D eigenvalue weighted by molar-refractivity contribution is 14.1. The van der Waals surface area contributed by atoms with Gasteiger partial charge in [-0.1, -0.05) is 12.1 Å². The van der Waals surface area contributed by atoms with Gasteiger partial charge in [0.15, 0.2) is 5.52 Å². The minimum atomic E-state index is -0.739. The van der Waals surface area contributed by atoms with E-state index in [1.807, 2.05) is 61.6 Å². The third kappa shape index (κ3) is 5.83. The number of anilines is 1. The van der Waals surface area contributed by atoms with Gasteiger partial charge in [0, 0.05) is 19.3 Å². The molecule has 4 heterocycles. The van der Waals surface area contributed by atoms with Gasteiger partial charge in [0.1, 0.15) is 14.8 Å². The van der Waals surface area contributed by atoms with E-state index in [4.69, 9.17) is 4.74 Å². The van der Waals surface area contributed by atoms with Crippen LogP contribution in [-0.4, -0.2) is 67.6 Å². The van der Waals surface area contributed by atoms with Crippen molar-refractivity contribution in [1.29, 1.82) is 0 Å². The molecule has 0 spiro atoms. The molecule has 4 rings (SSSR count). The number of H-pyrrole nitrogens is 1. The molecule has 2 N–H and O–H groups in total. The summed E-state index contributed by atoms with van der Waals surface area (Å²) in [7, 11) is 1.22. The molecule has 13 heteroatoms. The lowest BCUT2D eigenvalue weighted by molar-refractivity contribution is 0.0270. The monoisotopic (exact) mass is 607 g/mol. The largest absolute Gasteiger partial charge is 0.453 e. The Labute approximate surface area is 220 Å². The Kier molecular flexibility index (Phi) is 7.28. The average molecular weight is 607 g/mol. The lowest BCUT2D eigenvalue weighted by atomic mass is 10.0. The maximum Gasteiger partial charge on any atom is 0.413 e. The molecular formula is C23H26IN7O5. The number of halogens is 1. The van der Waals surface area contributed by atoms with E-state index in [1.165, 1.54) is 7.11 Å². The summed E-state index contributed by atoms with van der Waals surface area (Å²) < 4.78 is 12.1. The van der Waals surface area contributed by atoms with Crippen LogP contribution in [0.3, 0.4) is 0 Å². The van der Waals surface area contributed by atoms with Gasteiger partial charge in [0.2, 0.25) is 5.95 Å². The Morgan fingerprint density at radius 2 is 2.06 bits per heavy atom. The smallest absolute Gasteiger partial charge is 0.413 e. The van der Waals surface area contributed by atoms with Crippen molar-refractivity contribution in [1.82, 2.24) is 29.6 Å². The Bertz CT molecular complexity index is 1390. The van der Waals surface area contributed by atoms with Crippen LogP contribution in [0.15, 0.2) is 29.2 Å². The van der Waals surface area contributed by atoms with E-state index < -0.39 is 17.3 Å². The molecule has 0 fully saturated rings. The first kappa shape index (κ1) is 25.6. The molecule has 0 saturated carbocycles. The number of ether oxygens (including phenoxy) is 2. The molecular weight excluding hydrogens is 581 g/mol. The fourth-order valence-electron chi connectivity index (χ4n) is 3.65. The number of aromatic nitrogens is 5. The topological polar surface area (TPSA) is 144 Å². The number of methoxy groups -OCH3 is 1. The predicted molar refractivity (Wildman–Crippen MR) is 141 cm³/mol. The van der Waals surface area contributed by atoms with Crippen LogP contribution in [-0.2, 0) is 16.0 Å². The van der Waals surface area contributed by atoms with Crippen LogP contribution in [0.1, 0.15) is 38.4 Å². The van der Waals surface area contributed by atoms with Crippen molar-refractivity contribution in [3.8, 4) is 0 Å². The van der Waals surface area contributed by atoms with Gasteiger partial charge in [0.25, 0.3) is 5.56 Å². The van der Waals surface area contributed by atoms with E-state index in [2.05, 4.69) is 30.1 Å². The maximum atomic E-state index is 12.7. The highest BCUT2D eigenvalue weighted by atomic mass is 127. The van der Waals surface area contributed by atoms with Crippen molar-refractivity contribution in [3.63, 3.8) is 0 Å². The zero-order chi connectivity index (χ0) is 26.0. The molecule has 0 aromatic carbocycles. The molecule has 190 valence electrons. The summed E-state index contributed by atoms with van der Waals surface area (Å²) in [4.78, 5) is 49.5. The van der Waals surface area contributed by atoms with E-state index in [0.29, 0.717) is 35.3 Å². The normalized spacial score (nSPS) is 13.9. The molecule has 1 aliphatic rings. The van der Waals surface area contributed by atoms with Crippen molar-refractivity contribution in [2.45, 2.75) is 39.3 Å². The molecule has 36 heavy (non-hydrogen) atoms.